The number of allylic oxidation sites excluding steroid dienone is 1. The van der Waals surface area contributed by atoms with E-state index in [1.54, 1.807) is 11.8 Å². The number of aliphatic imine (C=N–C) groups is 1. The van der Waals surface area contributed by atoms with Gasteiger partial charge in [-0.05, 0) is 42.5 Å². The van der Waals surface area contributed by atoms with Crippen molar-refractivity contribution in [3.63, 3.8) is 0 Å². The molecule has 0 bridgehead atoms. The molecule has 1 aromatic rings. The third-order valence-electron chi connectivity index (χ3n) is 2.78. The second kappa shape index (κ2) is 10.1. The van der Waals surface area contributed by atoms with E-state index in [0.29, 0.717) is 11.6 Å². The fourth-order valence-corrected chi connectivity index (χ4v) is 2.24. The molecule has 0 fully saturated rings. The number of nitrogens with one attached hydrogen (secondary N) is 1. The highest BCUT2D eigenvalue weighted by molar-refractivity contribution is 8.02. The van der Waals surface area contributed by atoms with Crippen LogP contribution in [0.15, 0.2) is 46.9 Å². The number of hydrogen-bond donors (Lipinski definition) is 3. The number of aryl methyl sites for hydroxylation is 1. The minimum Gasteiger partial charge on any atom is -0.403 e. The molecule has 0 saturated heterocycles. The summed E-state index contributed by atoms with van der Waals surface area (Å²) in [6.07, 6.45) is 3.54. The third-order valence-corrected chi connectivity index (χ3v) is 3.50. The van der Waals surface area contributed by atoms with Crippen molar-refractivity contribution in [2.45, 2.75) is 12.8 Å². The Labute approximate surface area is 131 Å². The van der Waals surface area contributed by atoms with Crippen LogP contribution in [0, 0.1) is 0 Å². The standard InChI is InChI=1S/C16H24N4S/c1-13(17)6-7-14-4-3-5-15(10-14)16(18)11-21-12-20-9-8-19-2/h3-5,9-11,19H,1,6-8,12,17-18H2,2H3/b16-11-,20-9?. The molecule has 0 spiro atoms. The summed E-state index contributed by atoms with van der Waals surface area (Å²) in [6, 6.07) is 8.20. The van der Waals surface area contributed by atoms with Gasteiger partial charge in [-0.15, -0.1) is 11.8 Å². The second-order valence-electron chi connectivity index (χ2n) is 4.65. The van der Waals surface area contributed by atoms with Gasteiger partial charge in [-0.25, -0.2) is 0 Å². The molecule has 5 N–H and O–H groups in total. The molecule has 0 unspecified atom stereocenters. The van der Waals surface area contributed by atoms with Gasteiger partial charge in [0.25, 0.3) is 0 Å². The molecule has 0 aliphatic heterocycles. The lowest BCUT2D eigenvalue weighted by atomic mass is 10.0. The predicted octanol–water partition coefficient (Wildman–Crippen LogP) is 2.33. The Morgan fingerprint density at radius 1 is 1.43 bits per heavy atom. The van der Waals surface area contributed by atoms with Crippen LogP contribution in [0.1, 0.15) is 17.5 Å². The Bertz CT molecular complexity index is 509. The second-order valence-corrected chi connectivity index (χ2v) is 5.48. The van der Waals surface area contributed by atoms with E-state index in [2.05, 4.69) is 29.0 Å². The molecular formula is C16H24N4S. The normalized spacial score (nSPS) is 12.0. The van der Waals surface area contributed by atoms with Gasteiger partial charge in [-0.1, -0.05) is 24.8 Å². The molecule has 0 saturated carbocycles. The van der Waals surface area contributed by atoms with Crippen molar-refractivity contribution < 1.29 is 0 Å². The van der Waals surface area contributed by atoms with Crippen molar-refractivity contribution in [1.82, 2.24) is 5.32 Å². The molecule has 114 valence electrons. The first-order chi connectivity index (χ1) is 10.1. The topological polar surface area (TPSA) is 76.4 Å². The number of nitrogens with two attached hydrogens (primary N) is 2. The molecule has 5 heteroatoms. The highest BCUT2D eigenvalue weighted by Crippen LogP contribution is 2.16. The first-order valence-corrected chi connectivity index (χ1v) is 7.91. The van der Waals surface area contributed by atoms with Crippen LogP contribution < -0.4 is 16.8 Å². The molecule has 0 aliphatic rings. The molecular weight excluding hydrogens is 280 g/mol. The number of thioether (sulfide) groups is 1. The molecule has 0 aromatic heterocycles. The summed E-state index contributed by atoms with van der Waals surface area (Å²) in [5.74, 6) is 0.676. The summed E-state index contributed by atoms with van der Waals surface area (Å²) in [4.78, 5) is 4.24. The fourth-order valence-electron chi connectivity index (χ4n) is 1.66. The van der Waals surface area contributed by atoms with E-state index in [-0.39, 0.29) is 0 Å². The average molecular weight is 304 g/mol. The first-order valence-electron chi connectivity index (χ1n) is 6.86. The smallest absolute Gasteiger partial charge is 0.0881 e. The maximum atomic E-state index is 6.09. The Balaban J connectivity index is 2.54. The molecule has 0 radical (unpaired) electrons. The molecule has 21 heavy (non-hydrogen) atoms. The largest absolute Gasteiger partial charge is 0.403 e. The third kappa shape index (κ3) is 7.58. The van der Waals surface area contributed by atoms with E-state index in [9.17, 15) is 0 Å². The monoisotopic (exact) mass is 304 g/mol. The molecule has 0 heterocycles. The highest BCUT2D eigenvalue weighted by atomic mass is 32.2. The van der Waals surface area contributed by atoms with E-state index in [1.165, 1.54) is 5.56 Å². The lowest BCUT2D eigenvalue weighted by molar-refractivity contribution is 0.931. The van der Waals surface area contributed by atoms with Crippen LogP contribution in [-0.2, 0) is 6.42 Å². The van der Waals surface area contributed by atoms with Crippen molar-refractivity contribution in [2.75, 3.05) is 19.5 Å². The van der Waals surface area contributed by atoms with Gasteiger partial charge >= 0.3 is 0 Å². The number of hydrogen-bond acceptors (Lipinski definition) is 5. The maximum Gasteiger partial charge on any atom is 0.0881 e. The Morgan fingerprint density at radius 3 is 2.95 bits per heavy atom. The van der Waals surface area contributed by atoms with Gasteiger partial charge in [0.05, 0.1) is 5.88 Å². The van der Waals surface area contributed by atoms with Crippen LogP contribution in [0.4, 0.5) is 0 Å². The van der Waals surface area contributed by atoms with Gasteiger partial charge in [-0.3, -0.25) is 4.99 Å². The number of nitrogens with zero attached hydrogens (tertiary/aromatic N) is 1. The van der Waals surface area contributed by atoms with E-state index < -0.39 is 0 Å². The van der Waals surface area contributed by atoms with Gasteiger partial charge in [0.1, 0.15) is 0 Å². The molecule has 0 amide bonds. The summed E-state index contributed by atoms with van der Waals surface area (Å²) < 4.78 is 0. The van der Waals surface area contributed by atoms with Crippen LogP contribution in [0.5, 0.6) is 0 Å². The molecule has 4 nitrogen and oxygen atoms in total. The minimum atomic E-state index is 0.676. The Morgan fingerprint density at radius 2 is 2.24 bits per heavy atom. The van der Waals surface area contributed by atoms with Crippen LogP contribution in [0.2, 0.25) is 0 Å². The van der Waals surface area contributed by atoms with Gasteiger partial charge in [0, 0.05) is 24.2 Å². The Hall–Kier alpha value is -1.72. The van der Waals surface area contributed by atoms with Gasteiger partial charge in [-0.2, -0.15) is 0 Å². The van der Waals surface area contributed by atoms with Crippen molar-refractivity contribution in [3.8, 4) is 0 Å². The lowest BCUT2D eigenvalue weighted by Crippen LogP contribution is -2.08. The lowest BCUT2D eigenvalue weighted by Gasteiger charge is -2.06. The van der Waals surface area contributed by atoms with Gasteiger partial charge < -0.3 is 16.8 Å². The van der Waals surface area contributed by atoms with Crippen molar-refractivity contribution in [2.24, 2.45) is 16.5 Å². The van der Waals surface area contributed by atoms with Crippen LogP contribution >= 0.6 is 11.8 Å². The summed E-state index contributed by atoms with van der Waals surface area (Å²) in [5.41, 5.74) is 15.4. The summed E-state index contributed by atoms with van der Waals surface area (Å²) in [7, 11) is 1.89. The predicted molar refractivity (Wildman–Crippen MR) is 95.1 cm³/mol. The zero-order valence-corrected chi connectivity index (χ0v) is 13.3. The minimum absolute atomic E-state index is 0.676. The number of rotatable bonds is 9. The van der Waals surface area contributed by atoms with Gasteiger partial charge in [0.2, 0.25) is 0 Å². The van der Waals surface area contributed by atoms with E-state index in [1.807, 2.05) is 30.8 Å². The van der Waals surface area contributed by atoms with Crippen LogP contribution in [0.25, 0.3) is 5.70 Å². The van der Waals surface area contributed by atoms with Crippen molar-refractivity contribution in [3.05, 3.63) is 53.1 Å². The summed E-state index contributed by atoms with van der Waals surface area (Å²) in [5, 5.41) is 4.95. The fraction of sp³-hybridized carbons (Fsp3) is 0.312. The average Bonchev–Trinajstić information content (AvgIpc) is 2.48. The van der Waals surface area contributed by atoms with E-state index >= 15 is 0 Å². The molecule has 1 aromatic carbocycles. The van der Waals surface area contributed by atoms with Crippen molar-refractivity contribution in [1.29, 1.82) is 0 Å². The van der Waals surface area contributed by atoms with E-state index in [0.717, 1.165) is 30.6 Å². The first kappa shape index (κ1) is 17.3. The van der Waals surface area contributed by atoms with Gasteiger partial charge in [0.15, 0.2) is 0 Å². The highest BCUT2D eigenvalue weighted by Gasteiger charge is 1.99. The summed E-state index contributed by atoms with van der Waals surface area (Å²) in [6.45, 7) is 4.51. The number of benzene rings is 1. The zero-order chi connectivity index (χ0) is 15.5. The van der Waals surface area contributed by atoms with E-state index in [4.69, 9.17) is 11.5 Å². The molecule has 0 atom stereocenters. The maximum absolute atomic E-state index is 6.09. The quantitative estimate of drug-likeness (QED) is 0.483. The molecule has 1 rings (SSSR count). The SMILES string of the molecule is C=C(N)CCc1cccc(/C(N)=C/SCN=CCNC)c1. The van der Waals surface area contributed by atoms with Crippen molar-refractivity contribution >= 4 is 23.7 Å². The summed E-state index contributed by atoms with van der Waals surface area (Å²) >= 11 is 1.58. The van der Waals surface area contributed by atoms with Crippen LogP contribution in [0.3, 0.4) is 0 Å². The zero-order valence-electron chi connectivity index (χ0n) is 12.5. The van der Waals surface area contributed by atoms with Crippen LogP contribution in [-0.4, -0.2) is 25.7 Å². The molecule has 0 aliphatic carbocycles. The Kier molecular flexibility index (Phi) is 8.31.